The van der Waals surface area contributed by atoms with Gasteiger partial charge in [0.15, 0.2) is 11.5 Å². The average Bonchev–Trinajstić information content (AvgIpc) is 2.61. The molecule has 0 aliphatic carbocycles. The lowest BCUT2D eigenvalue weighted by Crippen LogP contribution is -2.31. The summed E-state index contributed by atoms with van der Waals surface area (Å²) >= 11 is 5.11. The van der Waals surface area contributed by atoms with Crippen LogP contribution in [-0.2, 0) is 6.42 Å². The highest BCUT2D eigenvalue weighted by atomic mass is 32.1. The Hall–Kier alpha value is -2.60. The zero-order valence-electron chi connectivity index (χ0n) is 13.5. The van der Waals surface area contributed by atoms with E-state index < -0.39 is 5.78 Å². The van der Waals surface area contributed by atoms with Gasteiger partial charge in [0.05, 0.1) is 19.8 Å². The Bertz CT molecular complexity index is 746. The second-order valence-electron chi connectivity index (χ2n) is 5.04. The molecule has 0 radical (unpaired) electrons. The van der Waals surface area contributed by atoms with Gasteiger partial charge in [-0.3, -0.25) is 4.79 Å². The summed E-state index contributed by atoms with van der Waals surface area (Å²) in [7, 11) is 3.17. The zero-order chi connectivity index (χ0) is 17.5. The molecule has 0 aliphatic rings. The molecule has 0 aromatic heterocycles. The van der Waals surface area contributed by atoms with E-state index in [2.05, 4.69) is 5.32 Å². The molecule has 0 saturated carbocycles. The van der Waals surface area contributed by atoms with Crippen molar-refractivity contribution in [2.75, 3.05) is 20.8 Å². The minimum absolute atomic E-state index is 0.0773. The fourth-order valence-corrected chi connectivity index (χ4v) is 2.44. The number of ether oxygens (including phenoxy) is 2. The SMILES string of the molecule is COc1ccc(CCNC(=S)C(=O)c2ccccc2O)cc1OC. The maximum atomic E-state index is 12.2. The highest BCUT2D eigenvalue weighted by Crippen LogP contribution is 2.27. The number of para-hydroxylation sites is 1. The van der Waals surface area contributed by atoms with Crippen molar-refractivity contribution in [3.63, 3.8) is 0 Å². The van der Waals surface area contributed by atoms with E-state index >= 15 is 0 Å². The quantitative estimate of drug-likeness (QED) is 0.594. The van der Waals surface area contributed by atoms with Crippen molar-refractivity contribution < 1.29 is 19.4 Å². The second-order valence-corrected chi connectivity index (χ2v) is 5.45. The van der Waals surface area contributed by atoms with Crippen LogP contribution in [0.1, 0.15) is 15.9 Å². The Morgan fingerprint density at radius 2 is 1.83 bits per heavy atom. The fraction of sp³-hybridized carbons (Fsp3) is 0.222. The molecule has 6 heteroatoms. The summed E-state index contributed by atoms with van der Waals surface area (Å²) in [5.74, 6) is 0.851. The molecular weight excluding hydrogens is 326 g/mol. The molecule has 2 rings (SSSR count). The molecule has 0 amide bonds. The summed E-state index contributed by atoms with van der Waals surface area (Å²) in [4.78, 5) is 12.3. The number of nitrogens with one attached hydrogen (secondary N) is 1. The first-order valence-electron chi connectivity index (χ1n) is 7.38. The van der Waals surface area contributed by atoms with Crippen molar-refractivity contribution in [1.29, 1.82) is 0 Å². The van der Waals surface area contributed by atoms with E-state index in [-0.39, 0.29) is 16.3 Å². The van der Waals surface area contributed by atoms with Gasteiger partial charge in [-0.15, -0.1) is 0 Å². The number of rotatable bonds is 7. The number of hydrogen-bond donors (Lipinski definition) is 2. The van der Waals surface area contributed by atoms with Crippen molar-refractivity contribution in [2.24, 2.45) is 0 Å². The molecule has 0 atom stereocenters. The summed E-state index contributed by atoms with van der Waals surface area (Å²) in [6.07, 6.45) is 0.661. The number of benzene rings is 2. The van der Waals surface area contributed by atoms with Gasteiger partial charge in [-0.2, -0.15) is 0 Å². The summed E-state index contributed by atoms with van der Waals surface area (Å²) in [5.41, 5.74) is 1.22. The average molecular weight is 345 g/mol. The maximum absolute atomic E-state index is 12.2. The van der Waals surface area contributed by atoms with Crippen LogP contribution in [0.4, 0.5) is 0 Å². The lowest BCUT2D eigenvalue weighted by atomic mass is 10.1. The van der Waals surface area contributed by atoms with Crippen LogP contribution in [0.25, 0.3) is 0 Å². The number of carbonyl (C=O) groups excluding carboxylic acids is 1. The van der Waals surface area contributed by atoms with Crippen LogP contribution >= 0.6 is 12.2 Å². The molecule has 2 N–H and O–H groups in total. The number of Topliss-reactive ketones (excluding diaryl/α,β-unsaturated/α-hetero) is 1. The molecule has 0 fully saturated rings. The van der Waals surface area contributed by atoms with Crippen LogP contribution in [0.5, 0.6) is 17.2 Å². The largest absolute Gasteiger partial charge is 0.507 e. The van der Waals surface area contributed by atoms with E-state index in [1.54, 1.807) is 32.4 Å². The van der Waals surface area contributed by atoms with E-state index in [0.29, 0.717) is 24.5 Å². The third kappa shape index (κ3) is 4.23. The first-order chi connectivity index (χ1) is 11.6. The fourth-order valence-electron chi connectivity index (χ4n) is 2.22. The topological polar surface area (TPSA) is 67.8 Å². The molecule has 2 aromatic rings. The molecular formula is C18H19NO4S. The molecule has 24 heavy (non-hydrogen) atoms. The third-order valence-electron chi connectivity index (χ3n) is 3.50. The van der Waals surface area contributed by atoms with Gasteiger partial charge in [0, 0.05) is 6.54 Å². The first kappa shape index (κ1) is 17.7. The molecule has 0 heterocycles. The second kappa shape index (κ2) is 8.31. The van der Waals surface area contributed by atoms with Crippen molar-refractivity contribution in [1.82, 2.24) is 5.32 Å². The van der Waals surface area contributed by atoms with Crippen molar-refractivity contribution >= 4 is 23.0 Å². The van der Waals surface area contributed by atoms with Crippen molar-refractivity contribution in [2.45, 2.75) is 6.42 Å². The van der Waals surface area contributed by atoms with Gasteiger partial charge >= 0.3 is 0 Å². The van der Waals surface area contributed by atoms with Crippen LogP contribution in [-0.4, -0.2) is 36.6 Å². The van der Waals surface area contributed by atoms with Gasteiger partial charge in [-0.05, 0) is 36.2 Å². The van der Waals surface area contributed by atoms with Gasteiger partial charge in [-0.1, -0.05) is 30.4 Å². The predicted octanol–water partition coefficient (Wildman–Crippen LogP) is 2.75. The number of carbonyl (C=O) groups is 1. The van der Waals surface area contributed by atoms with E-state index in [4.69, 9.17) is 21.7 Å². The minimum atomic E-state index is -0.393. The lowest BCUT2D eigenvalue weighted by Gasteiger charge is -2.11. The third-order valence-corrected chi connectivity index (χ3v) is 3.83. The molecule has 0 unspecified atom stereocenters. The minimum Gasteiger partial charge on any atom is -0.507 e. The Morgan fingerprint density at radius 3 is 2.50 bits per heavy atom. The summed E-state index contributed by atoms with van der Waals surface area (Å²) in [6.45, 7) is 0.494. The number of thiocarbonyl (C=S) groups is 1. The smallest absolute Gasteiger partial charge is 0.223 e. The van der Waals surface area contributed by atoms with Gasteiger partial charge in [0.1, 0.15) is 10.7 Å². The number of ketones is 1. The molecule has 5 nitrogen and oxygen atoms in total. The van der Waals surface area contributed by atoms with Crippen molar-refractivity contribution in [3.05, 3.63) is 53.6 Å². The number of aromatic hydroxyl groups is 1. The van der Waals surface area contributed by atoms with E-state index in [0.717, 1.165) is 5.56 Å². The molecule has 0 bridgehead atoms. The van der Waals surface area contributed by atoms with Gasteiger partial charge < -0.3 is 19.9 Å². The van der Waals surface area contributed by atoms with E-state index in [1.165, 1.54) is 6.07 Å². The Balaban J connectivity index is 1.93. The highest BCUT2D eigenvalue weighted by Gasteiger charge is 2.15. The van der Waals surface area contributed by atoms with Crippen LogP contribution in [0.2, 0.25) is 0 Å². The first-order valence-corrected chi connectivity index (χ1v) is 7.79. The number of hydrogen-bond acceptors (Lipinski definition) is 5. The summed E-state index contributed by atoms with van der Waals surface area (Å²) in [6, 6.07) is 12.0. The van der Waals surface area contributed by atoms with Crippen LogP contribution in [0.3, 0.4) is 0 Å². The Kier molecular flexibility index (Phi) is 6.14. The summed E-state index contributed by atoms with van der Waals surface area (Å²) < 4.78 is 10.5. The molecule has 2 aromatic carbocycles. The molecule has 126 valence electrons. The zero-order valence-corrected chi connectivity index (χ0v) is 14.4. The van der Waals surface area contributed by atoms with Gasteiger partial charge in [0.25, 0.3) is 0 Å². The Labute approximate surface area is 146 Å². The van der Waals surface area contributed by atoms with E-state index in [1.807, 2.05) is 18.2 Å². The molecule has 0 saturated heterocycles. The van der Waals surface area contributed by atoms with Gasteiger partial charge in [-0.25, -0.2) is 0 Å². The number of phenolic OH excluding ortho intramolecular Hbond substituents is 1. The Morgan fingerprint density at radius 1 is 1.12 bits per heavy atom. The van der Waals surface area contributed by atoms with Crippen molar-refractivity contribution in [3.8, 4) is 17.2 Å². The molecule has 0 spiro atoms. The van der Waals surface area contributed by atoms with E-state index in [9.17, 15) is 9.90 Å². The normalized spacial score (nSPS) is 10.1. The maximum Gasteiger partial charge on any atom is 0.223 e. The van der Waals surface area contributed by atoms with Gasteiger partial charge in [0.2, 0.25) is 5.78 Å². The lowest BCUT2D eigenvalue weighted by molar-refractivity contribution is 0.106. The predicted molar refractivity (Wildman–Crippen MR) is 96.3 cm³/mol. The molecule has 0 aliphatic heterocycles. The number of phenols is 1. The van der Waals surface area contributed by atoms with Crippen LogP contribution < -0.4 is 14.8 Å². The van der Waals surface area contributed by atoms with Crippen LogP contribution in [0.15, 0.2) is 42.5 Å². The number of methoxy groups -OCH3 is 2. The standard InChI is InChI=1S/C18H19NO4S/c1-22-15-8-7-12(11-16(15)23-2)9-10-19-18(24)17(21)13-5-3-4-6-14(13)20/h3-8,11,20H,9-10H2,1-2H3,(H,19,24). The van der Waals surface area contributed by atoms with Crippen LogP contribution in [0, 0.1) is 0 Å². The highest BCUT2D eigenvalue weighted by molar-refractivity contribution is 7.82. The monoisotopic (exact) mass is 345 g/mol. The summed E-state index contributed by atoms with van der Waals surface area (Å²) in [5, 5.41) is 12.6.